The van der Waals surface area contributed by atoms with Gasteiger partial charge in [-0.15, -0.1) is 5.10 Å². The second-order valence-corrected chi connectivity index (χ2v) is 6.48. The first kappa shape index (κ1) is 14.4. The van der Waals surface area contributed by atoms with Crippen LogP contribution < -0.4 is 11.3 Å². The van der Waals surface area contributed by atoms with Gasteiger partial charge >= 0.3 is 0 Å². The molecule has 0 radical (unpaired) electrons. The van der Waals surface area contributed by atoms with Gasteiger partial charge in [-0.2, -0.15) is 0 Å². The third kappa shape index (κ3) is 2.77. The predicted molar refractivity (Wildman–Crippen MR) is 84.7 cm³/mol. The van der Waals surface area contributed by atoms with E-state index in [1.165, 1.54) is 0 Å². The normalized spacial score (nSPS) is 12.7. The van der Waals surface area contributed by atoms with Crippen LogP contribution >= 0.6 is 54.5 Å². The van der Waals surface area contributed by atoms with Crippen molar-refractivity contribution in [3.63, 3.8) is 0 Å². The van der Waals surface area contributed by atoms with E-state index in [1.54, 1.807) is 4.68 Å². The molecule has 1 atom stereocenters. The SMILES string of the molecule is Cn1nnc(Br)c1C(NN)c1cc(Br)ccc1I. The quantitative estimate of drug-likeness (QED) is 0.397. The molecule has 0 bridgehead atoms. The molecule has 96 valence electrons. The van der Waals surface area contributed by atoms with Crippen molar-refractivity contribution in [3.8, 4) is 0 Å². The van der Waals surface area contributed by atoms with Crippen LogP contribution in [0.4, 0.5) is 0 Å². The van der Waals surface area contributed by atoms with Crippen LogP contribution in [0.2, 0.25) is 0 Å². The number of hydrogen-bond acceptors (Lipinski definition) is 4. The molecule has 1 unspecified atom stereocenters. The van der Waals surface area contributed by atoms with Crippen molar-refractivity contribution < 1.29 is 0 Å². The van der Waals surface area contributed by atoms with Gasteiger partial charge in [0.1, 0.15) is 0 Å². The fraction of sp³-hybridized carbons (Fsp3) is 0.200. The molecule has 0 aliphatic rings. The third-order valence-corrected chi connectivity index (χ3v) is 4.58. The molecule has 0 fully saturated rings. The van der Waals surface area contributed by atoms with Gasteiger partial charge in [0, 0.05) is 15.1 Å². The first-order valence-electron chi connectivity index (χ1n) is 5.00. The second-order valence-electron chi connectivity index (χ2n) is 3.65. The van der Waals surface area contributed by atoms with E-state index in [2.05, 4.69) is 70.2 Å². The summed E-state index contributed by atoms with van der Waals surface area (Å²) in [7, 11) is 1.84. The van der Waals surface area contributed by atoms with E-state index in [9.17, 15) is 0 Å². The van der Waals surface area contributed by atoms with Crippen molar-refractivity contribution in [2.75, 3.05) is 0 Å². The van der Waals surface area contributed by atoms with Crippen LogP contribution in [-0.4, -0.2) is 15.0 Å². The summed E-state index contributed by atoms with van der Waals surface area (Å²) in [5.41, 5.74) is 4.77. The Labute approximate surface area is 135 Å². The standard InChI is InChI=1S/C10H10Br2IN5/c1-18-9(10(12)16-17-18)8(15-14)6-4-5(11)2-3-7(6)13/h2-4,8,15H,14H2,1H3. The zero-order valence-corrected chi connectivity index (χ0v) is 14.7. The van der Waals surface area contributed by atoms with Gasteiger partial charge in [0.15, 0.2) is 4.60 Å². The Balaban J connectivity index is 2.55. The molecule has 0 saturated carbocycles. The van der Waals surface area contributed by atoms with Crippen LogP contribution in [0.25, 0.3) is 0 Å². The lowest BCUT2D eigenvalue weighted by Gasteiger charge is -2.18. The van der Waals surface area contributed by atoms with Crippen LogP contribution in [0, 0.1) is 3.57 Å². The molecule has 1 aromatic carbocycles. The summed E-state index contributed by atoms with van der Waals surface area (Å²) in [6, 6.07) is 5.88. The first-order chi connectivity index (χ1) is 8.54. The number of halogens is 3. The number of benzene rings is 1. The van der Waals surface area contributed by atoms with Gasteiger partial charge < -0.3 is 0 Å². The molecule has 1 aromatic heterocycles. The van der Waals surface area contributed by atoms with Gasteiger partial charge in [-0.25, -0.2) is 10.1 Å². The van der Waals surface area contributed by atoms with Crippen LogP contribution in [0.1, 0.15) is 17.3 Å². The van der Waals surface area contributed by atoms with E-state index in [-0.39, 0.29) is 6.04 Å². The number of nitrogens with two attached hydrogens (primary N) is 1. The Bertz CT molecular complexity index is 552. The number of hydrogen-bond donors (Lipinski definition) is 2. The summed E-state index contributed by atoms with van der Waals surface area (Å²) in [6.45, 7) is 0. The zero-order chi connectivity index (χ0) is 13.3. The molecule has 0 saturated heterocycles. The van der Waals surface area contributed by atoms with E-state index in [0.29, 0.717) is 4.60 Å². The first-order valence-corrected chi connectivity index (χ1v) is 7.67. The number of hydrazine groups is 1. The Morgan fingerprint density at radius 2 is 2.17 bits per heavy atom. The Morgan fingerprint density at radius 1 is 1.44 bits per heavy atom. The summed E-state index contributed by atoms with van der Waals surface area (Å²) in [5, 5.41) is 7.96. The molecule has 2 rings (SSSR count). The molecule has 0 aliphatic heterocycles. The van der Waals surface area contributed by atoms with Gasteiger partial charge in [0.2, 0.25) is 0 Å². The fourth-order valence-corrected chi connectivity index (χ4v) is 3.28. The number of rotatable bonds is 3. The Morgan fingerprint density at radius 3 is 2.72 bits per heavy atom. The number of nitrogens with zero attached hydrogens (tertiary/aromatic N) is 3. The molecule has 1 heterocycles. The molecule has 18 heavy (non-hydrogen) atoms. The zero-order valence-electron chi connectivity index (χ0n) is 9.36. The fourth-order valence-electron chi connectivity index (χ4n) is 1.70. The van der Waals surface area contributed by atoms with E-state index < -0.39 is 0 Å². The van der Waals surface area contributed by atoms with E-state index in [1.807, 2.05) is 25.2 Å². The largest absolute Gasteiger partial charge is 0.271 e. The highest BCUT2D eigenvalue weighted by atomic mass is 127. The summed E-state index contributed by atoms with van der Waals surface area (Å²) in [6.07, 6.45) is 0. The molecule has 0 aliphatic carbocycles. The molecule has 2 aromatic rings. The van der Waals surface area contributed by atoms with Crippen molar-refractivity contribution in [2.45, 2.75) is 6.04 Å². The van der Waals surface area contributed by atoms with Crippen LogP contribution in [-0.2, 0) is 7.05 Å². The van der Waals surface area contributed by atoms with Gasteiger partial charge in [0.25, 0.3) is 0 Å². The minimum absolute atomic E-state index is 0.177. The van der Waals surface area contributed by atoms with Gasteiger partial charge in [-0.3, -0.25) is 5.84 Å². The predicted octanol–water partition coefficient (Wildman–Crippen LogP) is 2.50. The molecule has 8 heteroatoms. The van der Waals surface area contributed by atoms with E-state index >= 15 is 0 Å². The lowest BCUT2D eigenvalue weighted by Crippen LogP contribution is -2.31. The highest BCUT2D eigenvalue weighted by molar-refractivity contribution is 14.1. The number of nitrogens with one attached hydrogen (secondary N) is 1. The van der Waals surface area contributed by atoms with Crippen molar-refractivity contribution >= 4 is 54.5 Å². The van der Waals surface area contributed by atoms with Gasteiger partial charge in [-0.05, 0) is 62.3 Å². The lowest BCUT2D eigenvalue weighted by molar-refractivity contribution is 0.567. The van der Waals surface area contributed by atoms with Crippen molar-refractivity contribution in [1.82, 2.24) is 20.4 Å². The molecular formula is C10H10Br2IN5. The van der Waals surface area contributed by atoms with Crippen LogP contribution in [0.5, 0.6) is 0 Å². The maximum absolute atomic E-state index is 5.69. The minimum Gasteiger partial charge on any atom is -0.271 e. The molecule has 3 N–H and O–H groups in total. The summed E-state index contributed by atoms with van der Waals surface area (Å²) in [4.78, 5) is 0. The average Bonchev–Trinajstić information content (AvgIpc) is 2.66. The Kier molecular flexibility index (Phi) is 4.75. The molecule has 0 spiro atoms. The molecule has 0 amide bonds. The highest BCUT2D eigenvalue weighted by Crippen LogP contribution is 2.30. The van der Waals surface area contributed by atoms with E-state index in [0.717, 1.165) is 19.3 Å². The maximum atomic E-state index is 5.69. The third-order valence-electron chi connectivity index (χ3n) is 2.54. The van der Waals surface area contributed by atoms with Crippen LogP contribution in [0.3, 0.4) is 0 Å². The lowest BCUT2D eigenvalue weighted by atomic mass is 10.1. The number of aromatic nitrogens is 3. The van der Waals surface area contributed by atoms with Gasteiger partial charge in [0.05, 0.1) is 11.7 Å². The summed E-state index contributed by atoms with van der Waals surface area (Å²) < 4.78 is 4.51. The maximum Gasteiger partial charge on any atom is 0.153 e. The summed E-state index contributed by atoms with van der Waals surface area (Å²) in [5.74, 6) is 5.69. The van der Waals surface area contributed by atoms with E-state index in [4.69, 9.17) is 5.84 Å². The Hall–Kier alpha value is -0.0300. The van der Waals surface area contributed by atoms with Crippen molar-refractivity contribution in [1.29, 1.82) is 0 Å². The van der Waals surface area contributed by atoms with Gasteiger partial charge in [-0.1, -0.05) is 21.1 Å². The highest BCUT2D eigenvalue weighted by Gasteiger charge is 2.22. The average molecular weight is 487 g/mol. The number of aryl methyl sites for hydroxylation is 1. The second kappa shape index (κ2) is 5.95. The smallest absolute Gasteiger partial charge is 0.153 e. The topological polar surface area (TPSA) is 68.8 Å². The van der Waals surface area contributed by atoms with Crippen molar-refractivity contribution in [3.05, 3.63) is 42.1 Å². The molecule has 5 nitrogen and oxygen atoms in total. The van der Waals surface area contributed by atoms with Crippen LogP contribution in [0.15, 0.2) is 27.3 Å². The van der Waals surface area contributed by atoms with Crippen molar-refractivity contribution in [2.24, 2.45) is 12.9 Å². The monoisotopic (exact) mass is 485 g/mol. The molecular weight excluding hydrogens is 477 g/mol. The summed E-state index contributed by atoms with van der Waals surface area (Å²) >= 11 is 9.15. The minimum atomic E-state index is -0.177.